The summed E-state index contributed by atoms with van der Waals surface area (Å²) in [4.78, 5) is 10.3. The molecule has 0 aromatic rings. The van der Waals surface area contributed by atoms with E-state index in [1.807, 2.05) is 0 Å². The van der Waals surface area contributed by atoms with Gasteiger partial charge in [0.15, 0.2) is 0 Å². The number of carbonyl (C=O) groups excluding carboxylic acids is 1. The van der Waals surface area contributed by atoms with Gasteiger partial charge in [0.2, 0.25) is 0 Å². The molecule has 3 heteroatoms. The predicted molar refractivity (Wildman–Crippen MR) is 37.6 cm³/mol. The van der Waals surface area contributed by atoms with Crippen molar-refractivity contribution in [1.29, 1.82) is 0 Å². The molecule has 0 rings (SSSR count). The molecular weight excluding hydrogens is 132 g/mol. The van der Waals surface area contributed by atoms with Gasteiger partial charge in [-0.2, -0.15) is 0 Å². The fourth-order valence-electron chi connectivity index (χ4n) is 0.432. The Bertz CT molecular complexity index is 120. The lowest BCUT2D eigenvalue weighted by Crippen LogP contribution is -2.16. The Hall–Kier alpha value is -0.830. The van der Waals surface area contributed by atoms with Crippen LogP contribution in [0.2, 0.25) is 0 Å². The molecule has 0 bridgehead atoms. The first-order chi connectivity index (χ1) is 4.70. The molecule has 0 spiro atoms. The summed E-state index contributed by atoms with van der Waals surface area (Å²) in [6.45, 7) is 5.10. The van der Waals surface area contributed by atoms with Gasteiger partial charge >= 0.3 is 5.97 Å². The van der Waals surface area contributed by atoms with Crippen molar-refractivity contribution in [3.05, 3.63) is 12.7 Å². The van der Waals surface area contributed by atoms with E-state index in [2.05, 4.69) is 11.3 Å². The summed E-state index contributed by atoms with van der Waals surface area (Å²) in [7, 11) is 1.54. The van der Waals surface area contributed by atoms with Gasteiger partial charge in [0.05, 0.1) is 0 Å². The van der Waals surface area contributed by atoms with E-state index >= 15 is 0 Å². The highest BCUT2D eigenvalue weighted by molar-refractivity contribution is 5.65. The maximum atomic E-state index is 10.3. The number of hydrogen-bond donors (Lipinski definition) is 0. The molecule has 10 heavy (non-hydrogen) atoms. The highest BCUT2D eigenvalue weighted by Crippen LogP contribution is 1.91. The van der Waals surface area contributed by atoms with Crippen LogP contribution in [0.1, 0.15) is 6.92 Å². The van der Waals surface area contributed by atoms with Crippen LogP contribution in [0.25, 0.3) is 0 Å². The molecule has 0 fully saturated rings. The van der Waals surface area contributed by atoms with Crippen LogP contribution in [-0.2, 0) is 14.3 Å². The molecule has 0 saturated heterocycles. The van der Waals surface area contributed by atoms with E-state index in [-0.39, 0.29) is 18.7 Å². The molecule has 1 atom stereocenters. The largest absolute Gasteiger partial charge is 0.463 e. The Morgan fingerprint density at radius 1 is 1.80 bits per heavy atom. The van der Waals surface area contributed by atoms with Crippen LogP contribution in [0.4, 0.5) is 0 Å². The van der Waals surface area contributed by atoms with E-state index in [9.17, 15) is 4.79 Å². The minimum atomic E-state index is -0.302. The molecule has 58 valence electrons. The molecule has 0 radical (unpaired) electrons. The molecule has 0 aromatic carbocycles. The van der Waals surface area contributed by atoms with Crippen molar-refractivity contribution in [3.63, 3.8) is 0 Å². The fraction of sp³-hybridized carbons (Fsp3) is 0.571. The van der Waals surface area contributed by atoms with E-state index in [0.29, 0.717) is 0 Å². The van der Waals surface area contributed by atoms with E-state index < -0.39 is 0 Å². The second kappa shape index (κ2) is 4.99. The molecule has 3 nitrogen and oxygen atoms in total. The number of ether oxygens (including phenoxy) is 2. The van der Waals surface area contributed by atoms with Crippen LogP contribution in [0.3, 0.4) is 0 Å². The summed E-state index contributed by atoms with van der Waals surface area (Å²) in [5, 5.41) is 0. The van der Waals surface area contributed by atoms with E-state index in [4.69, 9.17) is 4.74 Å². The zero-order valence-electron chi connectivity index (χ0n) is 6.29. The number of methoxy groups -OCH3 is 1. The van der Waals surface area contributed by atoms with Gasteiger partial charge in [-0.3, -0.25) is 4.79 Å². The van der Waals surface area contributed by atoms with Gasteiger partial charge in [-0.25, -0.2) is 0 Å². The maximum absolute atomic E-state index is 10.3. The summed E-state index contributed by atoms with van der Waals surface area (Å²) < 4.78 is 9.51. The first-order valence-electron chi connectivity index (χ1n) is 2.99. The summed E-state index contributed by atoms with van der Waals surface area (Å²) in [5.41, 5.74) is 0. The lowest BCUT2D eigenvalue weighted by Gasteiger charge is -2.08. The van der Waals surface area contributed by atoms with Gasteiger partial charge in [0.25, 0.3) is 0 Å². The summed E-state index contributed by atoms with van der Waals surface area (Å²) >= 11 is 0. The average molecular weight is 144 g/mol. The molecule has 0 aliphatic rings. The van der Waals surface area contributed by atoms with Crippen molar-refractivity contribution in [2.45, 2.75) is 13.0 Å². The fourth-order valence-corrected chi connectivity index (χ4v) is 0.432. The minimum Gasteiger partial charge on any atom is -0.463 e. The first-order valence-corrected chi connectivity index (χ1v) is 2.99. The normalized spacial score (nSPS) is 12.2. The van der Waals surface area contributed by atoms with Crippen LogP contribution in [0.5, 0.6) is 0 Å². The lowest BCUT2D eigenvalue weighted by molar-refractivity contribution is -0.143. The topological polar surface area (TPSA) is 35.5 Å². The van der Waals surface area contributed by atoms with Crippen LogP contribution in [0.15, 0.2) is 12.7 Å². The summed E-state index contributed by atoms with van der Waals surface area (Å²) in [6.07, 6.45) is 1.40. The van der Waals surface area contributed by atoms with Crippen LogP contribution >= 0.6 is 0 Å². The molecule has 0 N–H and O–H groups in total. The standard InChI is InChI=1S/C7H12O3/c1-4-7(9-3)5-10-6(2)8/h4,7H,1,5H2,2-3H3. The van der Waals surface area contributed by atoms with Crippen molar-refractivity contribution >= 4 is 5.97 Å². The molecular formula is C7H12O3. The molecule has 0 aliphatic carbocycles. The summed E-state index contributed by atoms with van der Waals surface area (Å²) in [5.74, 6) is -0.302. The third kappa shape index (κ3) is 4.09. The number of esters is 1. The highest BCUT2D eigenvalue weighted by Gasteiger charge is 2.02. The zero-order chi connectivity index (χ0) is 7.98. The molecule has 0 aromatic heterocycles. The predicted octanol–water partition coefficient (Wildman–Crippen LogP) is 0.750. The third-order valence-electron chi connectivity index (χ3n) is 1.02. The molecule has 0 aliphatic heterocycles. The number of carbonyl (C=O) groups is 1. The van der Waals surface area contributed by atoms with Crippen molar-refractivity contribution in [2.24, 2.45) is 0 Å². The second-order valence-electron chi connectivity index (χ2n) is 1.81. The Morgan fingerprint density at radius 2 is 2.40 bits per heavy atom. The Balaban J connectivity index is 3.44. The third-order valence-corrected chi connectivity index (χ3v) is 1.02. The Labute approximate surface area is 60.6 Å². The van der Waals surface area contributed by atoms with Gasteiger partial charge in [0.1, 0.15) is 12.7 Å². The molecule has 0 heterocycles. The van der Waals surface area contributed by atoms with E-state index in [0.717, 1.165) is 0 Å². The van der Waals surface area contributed by atoms with Crippen LogP contribution < -0.4 is 0 Å². The van der Waals surface area contributed by atoms with Crippen molar-refractivity contribution in [2.75, 3.05) is 13.7 Å². The molecule has 1 unspecified atom stereocenters. The average Bonchev–Trinajstić information content (AvgIpc) is 1.90. The zero-order valence-corrected chi connectivity index (χ0v) is 6.29. The second-order valence-corrected chi connectivity index (χ2v) is 1.81. The number of hydrogen-bond acceptors (Lipinski definition) is 3. The lowest BCUT2D eigenvalue weighted by atomic mass is 10.4. The van der Waals surface area contributed by atoms with E-state index in [1.165, 1.54) is 14.0 Å². The molecule has 0 amide bonds. The SMILES string of the molecule is C=CC(COC(C)=O)OC. The number of rotatable bonds is 4. The Morgan fingerprint density at radius 3 is 2.70 bits per heavy atom. The highest BCUT2D eigenvalue weighted by atomic mass is 16.6. The summed E-state index contributed by atoms with van der Waals surface area (Å²) in [6, 6.07) is 0. The van der Waals surface area contributed by atoms with Gasteiger partial charge in [0, 0.05) is 14.0 Å². The first kappa shape index (κ1) is 9.17. The van der Waals surface area contributed by atoms with Crippen LogP contribution in [0, 0.1) is 0 Å². The monoisotopic (exact) mass is 144 g/mol. The Kier molecular flexibility index (Phi) is 4.58. The van der Waals surface area contributed by atoms with Crippen molar-refractivity contribution in [1.82, 2.24) is 0 Å². The minimum absolute atomic E-state index is 0.191. The van der Waals surface area contributed by atoms with Gasteiger partial charge in [-0.05, 0) is 0 Å². The smallest absolute Gasteiger partial charge is 0.302 e. The van der Waals surface area contributed by atoms with Crippen molar-refractivity contribution in [3.8, 4) is 0 Å². The molecule has 0 saturated carbocycles. The van der Waals surface area contributed by atoms with Gasteiger partial charge in [-0.1, -0.05) is 6.08 Å². The quantitative estimate of drug-likeness (QED) is 0.431. The van der Waals surface area contributed by atoms with E-state index in [1.54, 1.807) is 6.08 Å². The van der Waals surface area contributed by atoms with Crippen LogP contribution in [-0.4, -0.2) is 25.8 Å². The van der Waals surface area contributed by atoms with Crippen molar-refractivity contribution < 1.29 is 14.3 Å². The van der Waals surface area contributed by atoms with Gasteiger partial charge in [-0.15, -0.1) is 6.58 Å². The van der Waals surface area contributed by atoms with Gasteiger partial charge < -0.3 is 9.47 Å². The maximum Gasteiger partial charge on any atom is 0.302 e.